The summed E-state index contributed by atoms with van der Waals surface area (Å²) in [6.45, 7) is 2.13. The van der Waals surface area contributed by atoms with Crippen molar-refractivity contribution in [3.8, 4) is 29.1 Å². The maximum absolute atomic E-state index is 8.83. The molecule has 4 nitrogen and oxygen atoms in total. The van der Waals surface area contributed by atoms with Crippen molar-refractivity contribution in [3.63, 3.8) is 0 Å². The third-order valence-corrected chi connectivity index (χ3v) is 3.26. The first-order chi connectivity index (χ1) is 10.7. The van der Waals surface area contributed by atoms with Crippen molar-refractivity contribution in [2.24, 2.45) is 0 Å². The molecule has 0 aliphatic carbocycles. The van der Waals surface area contributed by atoms with Gasteiger partial charge in [0, 0.05) is 0 Å². The molecule has 0 amide bonds. The van der Waals surface area contributed by atoms with Crippen LogP contribution in [-0.2, 0) is 6.42 Å². The van der Waals surface area contributed by atoms with Crippen molar-refractivity contribution in [1.29, 1.82) is 5.26 Å². The molecule has 0 spiro atoms. The van der Waals surface area contributed by atoms with Gasteiger partial charge in [-0.15, -0.1) is 0 Å². The van der Waals surface area contributed by atoms with Gasteiger partial charge >= 0.3 is 0 Å². The summed E-state index contributed by atoms with van der Waals surface area (Å²) >= 11 is 0. The summed E-state index contributed by atoms with van der Waals surface area (Å²) in [4.78, 5) is 0. The molecule has 0 atom stereocenters. The molecule has 4 heteroatoms. The molecule has 0 fully saturated rings. The van der Waals surface area contributed by atoms with Gasteiger partial charge in [-0.2, -0.15) is 5.26 Å². The van der Waals surface area contributed by atoms with Gasteiger partial charge in [0.2, 0.25) is 5.75 Å². The van der Waals surface area contributed by atoms with E-state index in [4.69, 9.17) is 19.5 Å². The van der Waals surface area contributed by atoms with Crippen LogP contribution in [0.3, 0.4) is 0 Å². The minimum atomic E-state index is 0.537. The molecule has 0 aromatic heterocycles. The molecule has 114 valence electrons. The molecule has 0 aliphatic rings. The molecule has 0 radical (unpaired) electrons. The average Bonchev–Trinajstić information content (AvgIpc) is 2.56. The van der Waals surface area contributed by atoms with E-state index in [1.165, 1.54) is 0 Å². The van der Waals surface area contributed by atoms with Crippen molar-refractivity contribution in [1.82, 2.24) is 0 Å². The fourth-order valence-electron chi connectivity index (χ4n) is 2.18. The van der Waals surface area contributed by atoms with Gasteiger partial charge in [0.25, 0.3) is 0 Å². The van der Waals surface area contributed by atoms with Gasteiger partial charge in [0.15, 0.2) is 11.5 Å². The first-order valence-corrected chi connectivity index (χ1v) is 7.14. The first-order valence-electron chi connectivity index (χ1n) is 7.14. The number of hydrogen-bond acceptors (Lipinski definition) is 4. The van der Waals surface area contributed by atoms with Gasteiger partial charge in [0.05, 0.1) is 25.9 Å². The molecule has 22 heavy (non-hydrogen) atoms. The van der Waals surface area contributed by atoms with Crippen LogP contribution < -0.4 is 14.2 Å². The van der Waals surface area contributed by atoms with Gasteiger partial charge < -0.3 is 14.2 Å². The van der Waals surface area contributed by atoms with Crippen LogP contribution in [0.1, 0.15) is 24.5 Å². The Labute approximate surface area is 130 Å². The van der Waals surface area contributed by atoms with E-state index < -0.39 is 0 Å². The summed E-state index contributed by atoms with van der Waals surface area (Å²) in [6, 6.07) is 12.9. The highest BCUT2D eigenvalue weighted by atomic mass is 16.5. The number of benzene rings is 2. The summed E-state index contributed by atoms with van der Waals surface area (Å²) < 4.78 is 16.8. The van der Waals surface area contributed by atoms with E-state index in [0.29, 0.717) is 28.6 Å². The number of hydrogen-bond donors (Lipinski definition) is 0. The highest BCUT2D eigenvalue weighted by molar-refractivity contribution is 5.55. The summed E-state index contributed by atoms with van der Waals surface area (Å²) in [5, 5.41) is 8.83. The van der Waals surface area contributed by atoms with Crippen LogP contribution in [-0.4, -0.2) is 14.2 Å². The van der Waals surface area contributed by atoms with Crippen LogP contribution in [0.4, 0.5) is 0 Å². The zero-order chi connectivity index (χ0) is 15.9. The van der Waals surface area contributed by atoms with Crippen LogP contribution in [0.2, 0.25) is 0 Å². The van der Waals surface area contributed by atoms with E-state index in [0.717, 1.165) is 18.4 Å². The second-order valence-corrected chi connectivity index (χ2v) is 4.82. The molecular formula is C18H19NO3. The molecule has 0 aliphatic heterocycles. The smallest absolute Gasteiger partial charge is 0.211 e. The van der Waals surface area contributed by atoms with Crippen molar-refractivity contribution < 1.29 is 14.2 Å². The monoisotopic (exact) mass is 297 g/mol. The zero-order valence-electron chi connectivity index (χ0n) is 13.1. The lowest BCUT2D eigenvalue weighted by Gasteiger charge is -2.16. The lowest BCUT2D eigenvalue weighted by atomic mass is 10.1. The van der Waals surface area contributed by atoms with E-state index in [-0.39, 0.29) is 0 Å². The second-order valence-electron chi connectivity index (χ2n) is 4.82. The molecule has 0 unspecified atom stereocenters. The van der Waals surface area contributed by atoms with E-state index in [2.05, 4.69) is 13.0 Å². The molecule has 2 aromatic carbocycles. The lowest BCUT2D eigenvalue weighted by Crippen LogP contribution is -1.97. The molecule has 0 heterocycles. The second kappa shape index (κ2) is 7.37. The van der Waals surface area contributed by atoms with Crippen molar-refractivity contribution in [2.75, 3.05) is 14.2 Å². The Morgan fingerprint density at radius 3 is 2.05 bits per heavy atom. The van der Waals surface area contributed by atoms with Gasteiger partial charge in [-0.1, -0.05) is 13.3 Å². The predicted octanol–water partition coefficient (Wildman–Crippen LogP) is 4.32. The lowest BCUT2D eigenvalue weighted by molar-refractivity contribution is 0.345. The molecular weight excluding hydrogens is 278 g/mol. The number of methoxy groups -OCH3 is 2. The van der Waals surface area contributed by atoms with Crippen molar-refractivity contribution in [3.05, 3.63) is 47.5 Å². The Balaban J connectivity index is 2.37. The number of nitriles is 1. The highest BCUT2D eigenvalue weighted by Gasteiger charge is 2.15. The van der Waals surface area contributed by atoms with Crippen LogP contribution in [0.25, 0.3) is 0 Å². The van der Waals surface area contributed by atoms with Crippen LogP contribution >= 0.6 is 0 Å². The largest absolute Gasteiger partial charge is 0.493 e. The standard InChI is InChI=1S/C18H19NO3/c1-4-5-14-10-16(20-2)18(17(11-14)21-3)22-15-8-6-13(12-19)7-9-15/h6-11H,4-5H2,1-3H3. The summed E-state index contributed by atoms with van der Waals surface area (Å²) in [6.07, 6.45) is 1.99. The maximum atomic E-state index is 8.83. The van der Waals surface area contributed by atoms with Crippen LogP contribution in [0.5, 0.6) is 23.0 Å². The highest BCUT2D eigenvalue weighted by Crippen LogP contribution is 2.41. The Bertz CT molecular complexity index is 647. The van der Waals surface area contributed by atoms with E-state index >= 15 is 0 Å². The van der Waals surface area contributed by atoms with E-state index in [1.807, 2.05) is 12.1 Å². The Kier molecular flexibility index (Phi) is 5.26. The van der Waals surface area contributed by atoms with E-state index in [9.17, 15) is 0 Å². The van der Waals surface area contributed by atoms with Crippen molar-refractivity contribution >= 4 is 0 Å². The first kappa shape index (κ1) is 15.7. The Hall–Kier alpha value is -2.67. The molecule has 0 saturated heterocycles. The molecule has 0 bridgehead atoms. The molecule has 0 saturated carbocycles. The van der Waals surface area contributed by atoms with Crippen LogP contribution in [0, 0.1) is 11.3 Å². The Morgan fingerprint density at radius 2 is 1.59 bits per heavy atom. The fraction of sp³-hybridized carbons (Fsp3) is 0.278. The fourth-order valence-corrected chi connectivity index (χ4v) is 2.18. The van der Waals surface area contributed by atoms with E-state index in [1.54, 1.807) is 38.5 Å². The number of rotatable bonds is 6. The minimum absolute atomic E-state index is 0.537. The van der Waals surface area contributed by atoms with Crippen molar-refractivity contribution in [2.45, 2.75) is 19.8 Å². The van der Waals surface area contributed by atoms with Gasteiger partial charge in [-0.05, 0) is 48.4 Å². The molecule has 2 aromatic rings. The quantitative estimate of drug-likeness (QED) is 0.796. The zero-order valence-corrected chi connectivity index (χ0v) is 13.1. The number of nitrogens with zero attached hydrogens (tertiary/aromatic N) is 1. The maximum Gasteiger partial charge on any atom is 0.211 e. The number of aryl methyl sites for hydroxylation is 1. The normalized spacial score (nSPS) is 9.91. The summed E-state index contributed by atoms with van der Waals surface area (Å²) in [7, 11) is 3.21. The predicted molar refractivity (Wildman–Crippen MR) is 84.8 cm³/mol. The average molecular weight is 297 g/mol. The minimum Gasteiger partial charge on any atom is -0.493 e. The number of ether oxygens (including phenoxy) is 3. The SMILES string of the molecule is CCCc1cc(OC)c(Oc2ccc(C#N)cc2)c(OC)c1. The summed E-state index contributed by atoms with van der Waals surface area (Å²) in [5.41, 5.74) is 1.73. The molecule has 2 rings (SSSR count). The van der Waals surface area contributed by atoms with Gasteiger partial charge in [0.1, 0.15) is 5.75 Å². The third kappa shape index (κ3) is 3.50. The molecule has 0 N–H and O–H groups in total. The summed E-state index contributed by atoms with van der Waals surface area (Å²) in [5.74, 6) is 2.42. The third-order valence-electron chi connectivity index (χ3n) is 3.26. The van der Waals surface area contributed by atoms with Gasteiger partial charge in [-0.3, -0.25) is 0 Å². The topological polar surface area (TPSA) is 51.5 Å². The Morgan fingerprint density at radius 1 is 1.00 bits per heavy atom. The van der Waals surface area contributed by atoms with Gasteiger partial charge in [-0.25, -0.2) is 0 Å². The van der Waals surface area contributed by atoms with Crippen LogP contribution in [0.15, 0.2) is 36.4 Å².